The largest absolute Gasteiger partial charge is 0.465 e. The number of ether oxygens (including phenoxy) is 4. The van der Waals surface area contributed by atoms with Crippen molar-refractivity contribution >= 4 is 11.9 Å². The van der Waals surface area contributed by atoms with Gasteiger partial charge in [0.25, 0.3) is 0 Å². The maximum Gasteiger partial charge on any atom is 0.333 e. The molecule has 0 aliphatic rings. The molecule has 6 nitrogen and oxygen atoms in total. The lowest BCUT2D eigenvalue weighted by atomic mass is 10.2. The van der Waals surface area contributed by atoms with E-state index < -0.39 is 11.9 Å². The van der Waals surface area contributed by atoms with E-state index in [0.29, 0.717) is 26.4 Å². The number of rotatable bonds is 13. The highest BCUT2D eigenvalue weighted by molar-refractivity contribution is 5.93. The number of carbonyl (C=O) groups excluding carboxylic acids is 2. The second-order valence-electron chi connectivity index (χ2n) is 4.54. The lowest BCUT2D eigenvalue weighted by Crippen LogP contribution is -2.14. The number of methoxy groups -OCH3 is 2. The highest BCUT2D eigenvalue weighted by Gasteiger charge is 2.13. The van der Waals surface area contributed by atoms with Gasteiger partial charge in [-0.1, -0.05) is 6.58 Å². The maximum atomic E-state index is 11.5. The molecule has 0 aromatic rings. The smallest absolute Gasteiger partial charge is 0.333 e. The fourth-order valence-electron chi connectivity index (χ4n) is 1.45. The molecule has 0 unspecified atom stereocenters. The van der Waals surface area contributed by atoms with Gasteiger partial charge in [0.05, 0.1) is 19.6 Å². The number of hydrogen-bond acceptors (Lipinski definition) is 6. The molecule has 0 saturated carbocycles. The first kappa shape index (κ1) is 19.6. The van der Waals surface area contributed by atoms with Gasteiger partial charge in [-0.3, -0.25) is 4.79 Å². The van der Waals surface area contributed by atoms with Gasteiger partial charge in [0, 0.05) is 33.0 Å². The molecule has 0 radical (unpaired) electrons. The van der Waals surface area contributed by atoms with Crippen LogP contribution in [-0.2, 0) is 28.5 Å². The molecule has 0 amide bonds. The maximum absolute atomic E-state index is 11.5. The minimum atomic E-state index is -0.552. The summed E-state index contributed by atoms with van der Waals surface area (Å²) in [6.07, 6.45) is 2.96. The van der Waals surface area contributed by atoms with Crippen molar-refractivity contribution in [3.05, 3.63) is 12.2 Å². The van der Waals surface area contributed by atoms with Gasteiger partial charge in [0.1, 0.15) is 0 Å². The molecule has 0 spiro atoms. The molecule has 0 fully saturated rings. The van der Waals surface area contributed by atoms with Crippen LogP contribution in [0.2, 0.25) is 0 Å². The van der Waals surface area contributed by atoms with Crippen LogP contribution in [0.5, 0.6) is 0 Å². The van der Waals surface area contributed by atoms with Gasteiger partial charge in [-0.25, -0.2) is 4.79 Å². The molecular formula is C15H26O6. The van der Waals surface area contributed by atoms with Gasteiger partial charge in [0.15, 0.2) is 0 Å². The Kier molecular flexibility index (Phi) is 12.7. The summed E-state index contributed by atoms with van der Waals surface area (Å²) in [4.78, 5) is 23.0. The Hall–Kier alpha value is -1.40. The lowest BCUT2D eigenvalue weighted by molar-refractivity contribution is -0.146. The summed E-state index contributed by atoms with van der Waals surface area (Å²) in [6.45, 7) is 5.44. The van der Waals surface area contributed by atoms with Crippen molar-refractivity contribution in [2.45, 2.75) is 32.1 Å². The third-order valence-corrected chi connectivity index (χ3v) is 2.63. The van der Waals surface area contributed by atoms with E-state index in [1.165, 1.54) is 0 Å². The zero-order valence-electron chi connectivity index (χ0n) is 13.0. The molecule has 0 aromatic carbocycles. The summed E-state index contributed by atoms with van der Waals surface area (Å²) in [5.74, 6) is -1.02. The first-order valence-corrected chi connectivity index (χ1v) is 7.10. The van der Waals surface area contributed by atoms with E-state index in [0.717, 1.165) is 25.7 Å². The fraction of sp³-hybridized carbons (Fsp3) is 0.733. The van der Waals surface area contributed by atoms with E-state index in [9.17, 15) is 9.59 Å². The van der Waals surface area contributed by atoms with Crippen molar-refractivity contribution in [1.29, 1.82) is 0 Å². The van der Waals surface area contributed by atoms with Crippen LogP contribution in [0.25, 0.3) is 0 Å². The van der Waals surface area contributed by atoms with Gasteiger partial charge < -0.3 is 18.9 Å². The normalized spacial score (nSPS) is 10.2. The predicted octanol–water partition coefficient (Wildman–Crippen LogP) is 1.87. The fourth-order valence-corrected chi connectivity index (χ4v) is 1.45. The second-order valence-corrected chi connectivity index (χ2v) is 4.54. The van der Waals surface area contributed by atoms with Crippen molar-refractivity contribution in [1.82, 2.24) is 0 Å². The predicted molar refractivity (Wildman–Crippen MR) is 77.9 cm³/mol. The van der Waals surface area contributed by atoms with E-state index in [4.69, 9.17) is 18.9 Å². The third kappa shape index (κ3) is 12.1. The van der Waals surface area contributed by atoms with Crippen LogP contribution in [-0.4, -0.2) is 52.6 Å². The Morgan fingerprint density at radius 2 is 1.29 bits per heavy atom. The molecule has 6 heteroatoms. The summed E-state index contributed by atoms with van der Waals surface area (Å²) in [7, 11) is 3.24. The van der Waals surface area contributed by atoms with E-state index in [2.05, 4.69) is 6.58 Å². The topological polar surface area (TPSA) is 71.1 Å². The lowest BCUT2D eigenvalue weighted by Gasteiger charge is -2.07. The Labute approximate surface area is 126 Å². The average molecular weight is 302 g/mol. The summed E-state index contributed by atoms with van der Waals surface area (Å²) in [6, 6.07) is 0. The minimum Gasteiger partial charge on any atom is -0.465 e. The zero-order chi connectivity index (χ0) is 15.9. The molecule has 122 valence electrons. The molecular weight excluding hydrogens is 276 g/mol. The molecule has 0 aromatic heterocycles. The van der Waals surface area contributed by atoms with Crippen LogP contribution < -0.4 is 0 Å². The van der Waals surface area contributed by atoms with Crippen LogP contribution in [0.4, 0.5) is 0 Å². The van der Waals surface area contributed by atoms with E-state index in [-0.39, 0.29) is 12.0 Å². The second kappa shape index (κ2) is 13.6. The van der Waals surface area contributed by atoms with Crippen LogP contribution in [0.1, 0.15) is 32.1 Å². The molecule has 0 aliphatic heterocycles. The molecule has 0 atom stereocenters. The van der Waals surface area contributed by atoms with Gasteiger partial charge >= 0.3 is 11.9 Å². The van der Waals surface area contributed by atoms with Crippen molar-refractivity contribution in [2.75, 3.05) is 40.6 Å². The van der Waals surface area contributed by atoms with Gasteiger partial charge in [0.2, 0.25) is 0 Å². The van der Waals surface area contributed by atoms with E-state index in [1.54, 1.807) is 14.2 Å². The van der Waals surface area contributed by atoms with E-state index in [1.807, 2.05) is 0 Å². The first-order chi connectivity index (χ1) is 10.1. The number of esters is 2. The number of carbonyl (C=O) groups is 2. The number of unbranched alkanes of at least 4 members (excludes halogenated alkanes) is 2. The van der Waals surface area contributed by atoms with Gasteiger partial charge in [-0.15, -0.1) is 0 Å². The Morgan fingerprint density at radius 1 is 0.810 bits per heavy atom. The third-order valence-electron chi connectivity index (χ3n) is 2.63. The van der Waals surface area contributed by atoms with Crippen LogP contribution >= 0.6 is 0 Å². The molecule has 0 rings (SSSR count). The Bertz CT molecular complexity index is 313. The molecule has 0 aliphatic carbocycles. The van der Waals surface area contributed by atoms with Gasteiger partial charge in [-0.05, 0) is 25.7 Å². The quantitative estimate of drug-likeness (QED) is 0.294. The van der Waals surface area contributed by atoms with Crippen LogP contribution in [0.15, 0.2) is 12.2 Å². The minimum absolute atomic E-state index is 0.114. The standard InChI is InChI=1S/C15H26O6/c1-13(15(17)21-11-7-5-9-19-3)12-14(16)20-10-6-4-8-18-2/h1,4-12H2,2-3H3. The summed E-state index contributed by atoms with van der Waals surface area (Å²) in [5, 5.41) is 0. The molecule has 0 N–H and O–H groups in total. The van der Waals surface area contributed by atoms with Crippen molar-refractivity contribution < 1.29 is 28.5 Å². The Balaban J connectivity index is 3.65. The SMILES string of the molecule is C=C(CC(=O)OCCCCOC)C(=O)OCCCCOC. The monoisotopic (exact) mass is 302 g/mol. The summed E-state index contributed by atoms with van der Waals surface area (Å²) < 4.78 is 19.7. The molecule has 21 heavy (non-hydrogen) atoms. The number of hydrogen-bond donors (Lipinski definition) is 0. The van der Waals surface area contributed by atoms with Crippen molar-refractivity contribution in [3.63, 3.8) is 0 Å². The van der Waals surface area contributed by atoms with Crippen LogP contribution in [0.3, 0.4) is 0 Å². The van der Waals surface area contributed by atoms with Crippen molar-refractivity contribution in [2.24, 2.45) is 0 Å². The highest BCUT2D eigenvalue weighted by atomic mass is 16.5. The summed E-state index contributed by atoms with van der Waals surface area (Å²) in [5.41, 5.74) is 0.114. The van der Waals surface area contributed by atoms with Crippen molar-refractivity contribution in [3.8, 4) is 0 Å². The molecule has 0 heterocycles. The zero-order valence-corrected chi connectivity index (χ0v) is 13.0. The average Bonchev–Trinajstić information content (AvgIpc) is 2.46. The Morgan fingerprint density at radius 3 is 1.81 bits per heavy atom. The molecule has 0 saturated heterocycles. The van der Waals surface area contributed by atoms with Gasteiger partial charge in [-0.2, -0.15) is 0 Å². The molecule has 0 bridgehead atoms. The van der Waals surface area contributed by atoms with Crippen LogP contribution in [0, 0.1) is 0 Å². The van der Waals surface area contributed by atoms with E-state index >= 15 is 0 Å². The first-order valence-electron chi connectivity index (χ1n) is 7.10. The summed E-state index contributed by atoms with van der Waals surface area (Å²) >= 11 is 0. The highest BCUT2D eigenvalue weighted by Crippen LogP contribution is 2.05.